The summed E-state index contributed by atoms with van der Waals surface area (Å²) in [5, 5.41) is 0. The summed E-state index contributed by atoms with van der Waals surface area (Å²) < 4.78 is 0. The summed E-state index contributed by atoms with van der Waals surface area (Å²) in [5.41, 5.74) is 3.32. The van der Waals surface area contributed by atoms with Gasteiger partial charge in [0.05, 0.1) is 0 Å². The van der Waals surface area contributed by atoms with Gasteiger partial charge in [-0.3, -0.25) is 4.79 Å². The highest BCUT2D eigenvalue weighted by molar-refractivity contribution is 5.99. The predicted molar refractivity (Wildman–Crippen MR) is 71.4 cm³/mol. The van der Waals surface area contributed by atoms with Gasteiger partial charge in [0, 0.05) is 11.5 Å². The Morgan fingerprint density at radius 1 is 1.06 bits per heavy atom. The Morgan fingerprint density at radius 2 is 1.71 bits per heavy atom. The molecule has 2 rings (SSSR count). The number of rotatable bonds is 2. The van der Waals surface area contributed by atoms with E-state index in [1.807, 2.05) is 6.07 Å². The Kier molecular flexibility index (Phi) is 3.98. The van der Waals surface area contributed by atoms with Crippen LogP contribution in [0.5, 0.6) is 0 Å². The van der Waals surface area contributed by atoms with Crippen LogP contribution in [0.4, 0.5) is 0 Å². The van der Waals surface area contributed by atoms with E-state index < -0.39 is 0 Å². The van der Waals surface area contributed by atoms with Gasteiger partial charge in [-0.05, 0) is 32.3 Å². The highest BCUT2D eigenvalue weighted by Gasteiger charge is 2.22. The van der Waals surface area contributed by atoms with E-state index in [0.29, 0.717) is 5.78 Å². The molecule has 1 aliphatic rings. The summed E-state index contributed by atoms with van der Waals surface area (Å²) in [5.74, 6) is 0.656. The van der Waals surface area contributed by atoms with Gasteiger partial charge in [0.25, 0.3) is 0 Å². The van der Waals surface area contributed by atoms with E-state index in [9.17, 15) is 4.79 Å². The summed E-state index contributed by atoms with van der Waals surface area (Å²) in [4.78, 5) is 12.5. The maximum Gasteiger partial charge on any atom is 0.166 e. The number of ketones is 1. The number of benzene rings is 1. The van der Waals surface area contributed by atoms with Crippen LogP contribution in [-0.4, -0.2) is 5.78 Å². The highest BCUT2D eigenvalue weighted by atomic mass is 16.1. The van der Waals surface area contributed by atoms with E-state index in [1.54, 1.807) is 0 Å². The van der Waals surface area contributed by atoms with E-state index in [0.717, 1.165) is 24.0 Å². The molecule has 92 valence electrons. The van der Waals surface area contributed by atoms with Crippen molar-refractivity contribution in [3.05, 3.63) is 34.9 Å². The van der Waals surface area contributed by atoms with Gasteiger partial charge in [0.15, 0.2) is 5.78 Å². The van der Waals surface area contributed by atoms with Crippen molar-refractivity contribution in [1.29, 1.82) is 0 Å². The van der Waals surface area contributed by atoms with Gasteiger partial charge in [0.1, 0.15) is 0 Å². The summed E-state index contributed by atoms with van der Waals surface area (Å²) >= 11 is 0. The molecule has 17 heavy (non-hydrogen) atoms. The van der Waals surface area contributed by atoms with Crippen molar-refractivity contribution in [3.63, 3.8) is 0 Å². The van der Waals surface area contributed by atoms with Crippen LogP contribution in [0.25, 0.3) is 0 Å². The molecule has 0 spiro atoms. The van der Waals surface area contributed by atoms with Gasteiger partial charge >= 0.3 is 0 Å². The lowest BCUT2D eigenvalue weighted by Gasteiger charge is -2.14. The van der Waals surface area contributed by atoms with Crippen molar-refractivity contribution in [2.75, 3.05) is 0 Å². The molecule has 0 atom stereocenters. The first-order chi connectivity index (χ1) is 8.18. The minimum absolute atomic E-state index is 0.277. The molecule has 1 aliphatic carbocycles. The fourth-order valence-electron chi connectivity index (χ4n) is 2.85. The van der Waals surface area contributed by atoms with Crippen molar-refractivity contribution in [2.45, 2.75) is 52.4 Å². The minimum Gasteiger partial charge on any atom is -0.294 e. The Balaban J connectivity index is 2.17. The maximum atomic E-state index is 12.5. The molecule has 0 heterocycles. The second kappa shape index (κ2) is 5.48. The molecular formula is C16H22O. The predicted octanol–water partition coefficient (Wildman–Crippen LogP) is 4.46. The van der Waals surface area contributed by atoms with Gasteiger partial charge < -0.3 is 0 Å². The lowest BCUT2D eigenvalue weighted by molar-refractivity contribution is 0.0907. The van der Waals surface area contributed by atoms with Crippen molar-refractivity contribution < 1.29 is 4.79 Å². The summed E-state index contributed by atoms with van der Waals surface area (Å²) in [7, 11) is 0. The van der Waals surface area contributed by atoms with Crippen LogP contribution in [-0.2, 0) is 0 Å². The molecule has 0 bridgehead atoms. The summed E-state index contributed by atoms with van der Waals surface area (Å²) in [6.45, 7) is 4.13. The Labute approximate surface area is 104 Å². The quantitative estimate of drug-likeness (QED) is 0.541. The second-order valence-electron chi connectivity index (χ2n) is 5.37. The summed E-state index contributed by atoms with van der Waals surface area (Å²) in [6.07, 6.45) is 7.23. The Morgan fingerprint density at radius 3 is 2.29 bits per heavy atom. The molecule has 0 unspecified atom stereocenters. The van der Waals surface area contributed by atoms with Crippen LogP contribution in [0.1, 0.15) is 60.0 Å². The summed E-state index contributed by atoms with van der Waals surface area (Å²) in [6, 6.07) is 6.18. The zero-order chi connectivity index (χ0) is 12.3. The average Bonchev–Trinajstić information content (AvgIpc) is 2.56. The fourth-order valence-corrected chi connectivity index (χ4v) is 2.85. The topological polar surface area (TPSA) is 17.1 Å². The monoisotopic (exact) mass is 230 g/mol. The molecule has 1 aromatic rings. The SMILES string of the molecule is Cc1ccc(C(=O)C2CCCCCC2)c(C)c1. The van der Waals surface area contributed by atoms with E-state index >= 15 is 0 Å². The van der Waals surface area contributed by atoms with E-state index in [-0.39, 0.29) is 5.92 Å². The Hall–Kier alpha value is -1.11. The van der Waals surface area contributed by atoms with Crippen molar-refractivity contribution in [2.24, 2.45) is 5.92 Å². The molecule has 0 aromatic heterocycles. The molecule has 0 aliphatic heterocycles. The molecule has 1 fully saturated rings. The highest BCUT2D eigenvalue weighted by Crippen LogP contribution is 2.27. The van der Waals surface area contributed by atoms with Gasteiger partial charge in [-0.1, -0.05) is 49.4 Å². The molecule has 1 saturated carbocycles. The van der Waals surface area contributed by atoms with Gasteiger partial charge in [-0.15, -0.1) is 0 Å². The number of hydrogen-bond acceptors (Lipinski definition) is 1. The number of aryl methyl sites for hydroxylation is 2. The molecule has 0 saturated heterocycles. The van der Waals surface area contributed by atoms with E-state index in [4.69, 9.17) is 0 Å². The zero-order valence-electron chi connectivity index (χ0n) is 11.0. The van der Waals surface area contributed by atoms with Crippen LogP contribution in [0, 0.1) is 19.8 Å². The number of carbonyl (C=O) groups excluding carboxylic acids is 1. The van der Waals surface area contributed by atoms with Crippen LogP contribution >= 0.6 is 0 Å². The van der Waals surface area contributed by atoms with Crippen molar-refractivity contribution >= 4 is 5.78 Å². The number of Topliss-reactive ketones (excluding diaryl/α,β-unsaturated/α-hetero) is 1. The van der Waals surface area contributed by atoms with Gasteiger partial charge in [-0.2, -0.15) is 0 Å². The fraction of sp³-hybridized carbons (Fsp3) is 0.562. The largest absolute Gasteiger partial charge is 0.294 e. The molecule has 1 heteroatoms. The van der Waals surface area contributed by atoms with Crippen molar-refractivity contribution in [3.8, 4) is 0 Å². The van der Waals surface area contributed by atoms with Crippen LogP contribution in [0.2, 0.25) is 0 Å². The standard InChI is InChI=1S/C16H22O/c1-12-9-10-15(13(2)11-12)16(17)14-7-5-3-4-6-8-14/h9-11,14H,3-8H2,1-2H3. The molecular weight excluding hydrogens is 208 g/mol. The lowest BCUT2D eigenvalue weighted by atomic mass is 9.89. The molecule has 1 nitrogen and oxygen atoms in total. The average molecular weight is 230 g/mol. The first-order valence-corrected chi connectivity index (χ1v) is 6.80. The second-order valence-corrected chi connectivity index (χ2v) is 5.37. The third-order valence-electron chi connectivity index (χ3n) is 3.87. The van der Waals surface area contributed by atoms with E-state index in [1.165, 1.54) is 31.2 Å². The van der Waals surface area contributed by atoms with Gasteiger partial charge in [0.2, 0.25) is 0 Å². The minimum atomic E-state index is 0.277. The third kappa shape index (κ3) is 2.96. The van der Waals surface area contributed by atoms with Gasteiger partial charge in [-0.25, -0.2) is 0 Å². The maximum absolute atomic E-state index is 12.5. The zero-order valence-corrected chi connectivity index (χ0v) is 11.0. The molecule has 0 radical (unpaired) electrons. The number of hydrogen-bond donors (Lipinski definition) is 0. The smallest absolute Gasteiger partial charge is 0.166 e. The third-order valence-corrected chi connectivity index (χ3v) is 3.87. The number of carbonyl (C=O) groups is 1. The molecule has 1 aromatic carbocycles. The van der Waals surface area contributed by atoms with Crippen LogP contribution in [0.3, 0.4) is 0 Å². The molecule has 0 N–H and O–H groups in total. The van der Waals surface area contributed by atoms with Crippen molar-refractivity contribution in [1.82, 2.24) is 0 Å². The first-order valence-electron chi connectivity index (χ1n) is 6.80. The van der Waals surface area contributed by atoms with Crippen LogP contribution < -0.4 is 0 Å². The normalized spacial score (nSPS) is 17.8. The Bertz CT molecular complexity index is 398. The van der Waals surface area contributed by atoms with Crippen LogP contribution in [0.15, 0.2) is 18.2 Å². The van der Waals surface area contributed by atoms with E-state index in [2.05, 4.69) is 26.0 Å². The molecule has 0 amide bonds. The first kappa shape index (κ1) is 12.3. The lowest BCUT2D eigenvalue weighted by Crippen LogP contribution is -2.15.